The van der Waals surface area contributed by atoms with Gasteiger partial charge in [0.25, 0.3) is 0 Å². The van der Waals surface area contributed by atoms with Crippen LogP contribution < -0.4 is 0 Å². The van der Waals surface area contributed by atoms with Gasteiger partial charge in [0.15, 0.2) is 0 Å². The average molecular weight is 194 g/mol. The molecule has 0 aliphatic carbocycles. The van der Waals surface area contributed by atoms with Crippen molar-refractivity contribution in [1.82, 2.24) is 4.98 Å². The highest BCUT2D eigenvalue weighted by molar-refractivity contribution is 7.99. The number of rotatable bonds is 4. The summed E-state index contributed by atoms with van der Waals surface area (Å²) in [5, 5.41) is 9.49. The zero-order valence-electron chi connectivity index (χ0n) is 7.36. The summed E-state index contributed by atoms with van der Waals surface area (Å²) in [6.07, 6.45) is 1.65. The van der Waals surface area contributed by atoms with E-state index in [0.29, 0.717) is 12.2 Å². The number of aromatic nitrogens is 1. The van der Waals surface area contributed by atoms with Gasteiger partial charge in [0, 0.05) is 19.1 Å². The highest BCUT2D eigenvalue weighted by Crippen LogP contribution is 2.15. The second kappa shape index (κ2) is 5.57. The highest BCUT2D eigenvalue weighted by atomic mass is 32.2. The van der Waals surface area contributed by atoms with Gasteiger partial charge in [0.2, 0.25) is 0 Å². The molecule has 0 spiro atoms. The van der Waals surface area contributed by atoms with Gasteiger partial charge in [-0.25, -0.2) is 4.98 Å². The van der Waals surface area contributed by atoms with Crippen molar-refractivity contribution in [3.63, 3.8) is 0 Å². The molecule has 1 aromatic rings. The topological polar surface area (TPSA) is 45.9 Å². The zero-order chi connectivity index (χ0) is 9.52. The average Bonchev–Trinajstić information content (AvgIpc) is 2.19. The van der Waals surface area contributed by atoms with Crippen LogP contribution in [-0.4, -0.2) is 24.5 Å². The third kappa shape index (κ3) is 3.45. The fourth-order valence-corrected chi connectivity index (χ4v) is 1.59. The van der Waals surface area contributed by atoms with Crippen molar-refractivity contribution in [2.75, 3.05) is 19.5 Å². The normalized spacial score (nSPS) is 9.54. The lowest BCUT2D eigenvalue weighted by atomic mass is 10.3. The maximum absolute atomic E-state index is 8.62. The molecule has 0 aromatic carbocycles. The second-order valence-corrected chi connectivity index (χ2v) is 3.45. The van der Waals surface area contributed by atoms with Crippen molar-refractivity contribution >= 4 is 11.8 Å². The maximum Gasteiger partial charge on any atom is 0.0993 e. The van der Waals surface area contributed by atoms with Crippen molar-refractivity contribution in [2.24, 2.45) is 0 Å². The number of ether oxygens (including phenoxy) is 1. The summed E-state index contributed by atoms with van der Waals surface area (Å²) in [6.45, 7) is 0.698. The first kappa shape index (κ1) is 10.0. The SMILES string of the molecule is COCCSc1cc(C#N)ccn1. The molecule has 0 atom stereocenters. The first-order valence-corrected chi connectivity index (χ1v) is 4.83. The minimum absolute atomic E-state index is 0.648. The summed E-state index contributed by atoms with van der Waals surface area (Å²) in [6, 6.07) is 5.55. The minimum Gasteiger partial charge on any atom is -0.384 e. The molecule has 0 saturated carbocycles. The highest BCUT2D eigenvalue weighted by Gasteiger charge is 1.96. The molecule has 0 N–H and O–H groups in total. The molecule has 0 aliphatic rings. The molecule has 0 saturated heterocycles. The summed E-state index contributed by atoms with van der Waals surface area (Å²) in [5.74, 6) is 0.860. The predicted octanol–water partition coefficient (Wildman–Crippen LogP) is 1.69. The van der Waals surface area contributed by atoms with Gasteiger partial charge in [0.1, 0.15) is 0 Å². The molecule has 3 nitrogen and oxygen atoms in total. The lowest BCUT2D eigenvalue weighted by molar-refractivity contribution is 0.218. The van der Waals surface area contributed by atoms with Crippen LogP contribution in [0.1, 0.15) is 5.56 Å². The van der Waals surface area contributed by atoms with E-state index in [1.165, 1.54) is 0 Å². The Kier molecular flexibility index (Phi) is 4.30. The molecule has 1 rings (SSSR count). The Morgan fingerprint density at radius 1 is 1.69 bits per heavy atom. The Morgan fingerprint density at radius 2 is 2.54 bits per heavy atom. The predicted molar refractivity (Wildman–Crippen MR) is 51.6 cm³/mol. The van der Waals surface area contributed by atoms with Gasteiger partial charge in [-0.3, -0.25) is 0 Å². The summed E-state index contributed by atoms with van der Waals surface area (Å²) in [7, 11) is 1.67. The third-order valence-corrected chi connectivity index (χ3v) is 2.29. The van der Waals surface area contributed by atoms with Gasteiger partial charge in [-0.05, 0) is 12.1 Å². The van der Waals surface area contributed by atoms with E-state index in [-0.39, 0.29) is 0 Å². The molecule has 13 heavy (non-hydrogen) atoms. The van der Waals surface area contributed by atoms with Crippen LogP contribution in [0.4, 0.5) is 0 Å². The van der Waals surface area contributed by atoms with Gasteiger partial charge in [-0.2, -0.15) is 5.26 Å². The van der Waals surface area contributed by atoms with Gasteiger partial charge in [0.05, 0.1) is 23.3 Å². The third-order valence-electron chi connectivity index (χ3n) is 1.40. The van der Waals surface area contributed by atoms with Crippen LogP contribution in [0.2, 0.25) is 0 Å². The lowest BCUT2D eigenvalue weighted by Crippen LogP contribution is -1.92. The first-order chi connectivity index (χ1) is 6.36. The van der Waals surface area contributed by atoms with E-state index < -0.39 is 0 Å². The molecule has 0 aliphatic heterocycles. The van der Waals surface area contributed by atoms with Crippen molar-refractivity contribution in [3.05, 3.63) is 23.9 Å². The fraction of sp³-hybridized carbons (Fsp3) is 0.333. The molecular formula is C9H10N2OS. The summed E-state index contributed by atoms with van der Waals surface area (Å²) in [4.78, 5) is 4.12. The molecule has 0 bridgehead atoms. The van der Waals surface area contributed by atoms with Crippen LogP contribution >= 0.6 is 11.8 Å². The largest absolute Gasteiger partial charge is 0.384 e. The fourth-order valence-electron chi connectivity index (χ4n) is 0.787. The number of nitriles is 1. The van der Waals surface area contributed by atoms with Crippen LogP contribution in [0, 0.1) is 11.3 Å². The Labute approximate surface area is 81.7 Å². The van der Waals surface area contributed by atoms with Crippen molar-refractivity contribution < 1.29 is 4.74 Å². The number of thioether (sulfide) groups is 1. The summed E-state index contributed by atoms with van der Waals surface area (Å²) < 4.78 is 4.91. The Bertz CT molecular complexity index is 309. The van der Waals surface area contributed by atoms with Crippen molar-refractivity contribution in [2.45, 2.75) is 5.03 Å². The second-order valence-electron chi connectivity index (χ2n) is 2.34. The Morgan fingerprint density at radius 3 is 3.23 bits per heavy atom. The smallest absolute Gasteiger partial charge is 0.0993 e. The van der Waals surface area contributed by atoms with Gasteiger partial charge in [-0.15, -0.1) is 11.8 Å². The van der Waals surface area contributed by atoms with E-state index >= 15 is 0 Å². The first-order valence-electron chi connectivity index (χ1n) is 3.84. The van der Waals surface area contributed by atoms with Gasteiger partial charge in [-0.1, -0.05) is 0 Å². The quantitative estimate of drug-likeness (QED) is 0.540. The molecule has 0 unspecified atom stereocenters. The molecule has 0 fully saturated rings. The van der Waals surface area contributed by atoms with E-state index in [0.717, 1.165) is 10.8 Å². The van der Waals surface area contributed by atoms with Crippen molar-refractivity contribution in [3.8, 4) is 6.07 Å². The Hall–Kier alpha value is -1.05. The number of pyridine rings is 1. The number of methoxy groups -OCH3 is 1. The van der Waals surface area contributed by atoms with E-state index in [2.05, 4.69) is 11.1 Å². The lowest BCUT2D eigenvalue weighted by Gasteiger charge is -1.99. The molecule has 0 radical (unpaired) electrons. The molecule has 0 amide bonds. The standard InChI is InChI=1S/C9H10N2OS/c1-12-4-5-13-9-6-8(7-10)2-3-11-9/h2-3,6H,4-5H2,1H3. The number of hydrogen-bond donors (Lipinski definition) is 0. The van der Waals surface area contributed by atoms with Crippen LogP contribution in [0.15, 0.2) is 23.4 Å². The minimum atomic E-state index is 0.648. The van der Waals surface area contributed by atoms with E-state index in [4.69, 9.17) is 10.00 Å². The molecular weight excluding hydrogens is 184 g/mol. The molecule has 68 valence electrons. The molecule has 1 heterocycles. The van der Waals surface area contributed by atoms with E-state index in [1.807, 2.05) is 0 Å². The zero-order valence-corrected chi connectivity index (χ0v) is 8.17. The molecule has 4 heteroatoms. The summed E-state index contributed by atoms with van der Waals surface area (Å²) in [5.41, 5.74) is 0.648. The van der Waals surface area contributed by atoms with Crippen LogP contribution in [0.5, 0.6) is 0 Å². The monoisotopic (exact) mass is 194 g/mol. The van der Waals surface area contributed by atoms with Gasteiger partial charge < -0.3 is 4.74 Å². The number of hydrogen-bond acceptors (Lipinski definition) is 4. The van der Waals surface area contributed by atoms with Gasteiger partial charge >= 0.3 is 0 Å². The van der Waals surface area contributed by atoms with Crippen LogP contribution in [-0.2, 0) is 4.74 Å². The van der Waals surface area contributed by atoms with Crippen LogP contribution in [0.25, 0.3) is 0 Å². The maximum atomic E-state index is 8.62. The van der Waals surface area contributed by atoms with E-state index in [9.17, 15) is 0 Å². The van der Waals surface area contributed by atoms with Crippen LogP contribution in [0.3, 0.4) is 0 Å². The molecule has 1 aromatic heterocycles. The Balaban J connectivity index is 2.52. The summed E-state index contributed by atoms with van der Waals surface area (Å²) >= 11 is 1.59. The van der Waals surface area contributed by atoms with Crippen molar-refractivity contribution in [1.29, 1.82) is 5.26 Å². The number of nitrogens with zero attached hydrogens (tertiary/aromatic N) is 2. The van der Waals surface area contributed by atoms with E-state index in [1.54, 1.807) is 37.2 Å².